The van der Waals surface area contributed by atoms with Crippen LogP contribution in [-0.4, -0.2) is 15.0 Å². The number of pyridine rings is 1. The summed E-state index contributed by atoms with van der Waals surface area (Å²) in [7, 11) is 0. The molecule has 0 unspecified atom stereocenters. The monoisotopic (exact) mass is 326 g/mol. The molecular weight excluding hydrogens is 312 g/mol. The maximum Gasteiger partial charge on any atom is 0.160 e. The highest BCUT2D eigenvalue weighted by Crippen LogP contribution is 2.27. The van der Waals surface area contributed by atoms with Crippen LogP contribution in [0.15, 0.2) is 48.9 Å². The minimum atomic E-state index is 0.407. The smallest absolute Gasteiger partial charge is 0.160 e. The van der Waals surface area contributed by atoms with Gasteiger partial charge in [0.1, 0.15) is 17.8 Å². The highest BCUT2D eigenvalue weighted by atomic mass is 35.5. The molecule has 6 nitrogen and oxygen atoms in total. The lowest BCUT2D eigenvalue weighted by molar-refractivity contribution is 1.16. The molecule has 0 bridgehead atoms. The molecule has 3 rings (SSSR count). The van der Waals surface area contributed by atoms with Crippen LogP contribution in [-0.2, 0) is 0 Å². The van der Waals surface area contributed by atoms with E-state index in [9.17, 15) is 0 Å². The zero-order valence-electron chi connectivity index (χ0n) is 12.4. The molecule has 0 atom stereocenters. The van der Waals surface area contributed by atoms with Crippen LogP contribution in [0.5, 0.6) is 0 Å². The first-order chi connectivity index (χ1) is 11.1. The average molecular weight is 327 g/mol. The lowest BCUT2D eigenvalue weighted by atomic mass is 10.2. The molecule has 23 heavy (non-hydrogen) atoms. The third-order valence-corrected chi connectivity index (χ3v) is 3.40. The van der Waals surface area contributed by atoms with E-state index in [2.05, 4.69) is 25.6 Å². The zero-order valence-corrected chi connectivity index (χ0v) is 13.2. The fourth-order valence-corrected chi connectivity index (χ4v) is 2.05. The summed E-state index contributed by atoms with van der Waals surface area (Å²) < 4.78 is 0. The molecule has 0 saturated carbocycles. The second kappa shape index (κ2) is 6.50. The highest BCUT2D eigenvalue weighted by Gasteiger charge is 2.09. The van der Waals surface area contributed by atoms with Gasteiger partial charge in [0.05, 0.1) is 5.02 Å². The molecular formula is C16H15ClN6. The standard InChI is InChI=1S/C16H15ClN6/c1-10-2-5-12(6-3-10)22-15-14(18)16(21-9-20-15)23-13-7-4-11(17)8-19-13/h2-9H,18H2,1H3,(H2,19,20,21,22,23). The number of benzene rings is 1. The Kier molecular flexibility index (Phi) is 4.25. The summed E-state index contributed by atoms with van der Waals surface area (Å²) in [6.07, 6.45) is 2.98. The van der Waals surface area contributed by atoms with E-state index in [1.165, 1.54) is 11.9 Å². The van der Waals surface area contributed by atoms with Crippen molar-refractivity contribution in [3.63, 3.8) is 0 Å². The average Bonchev–Trinajstić information content (AvgIpc) is 2.55. The maximum atomic E-state index is 6.13. The fraction of sp³-hybridized carbons (Fsp3) is 0.0625. The lowest BCUT2D eigenvalue weighted by Gasteiger charge is -2.12. The minimum absolute atomic E-state index is 0.407. The van der Waals surface area contributed by atoms with Gasteiger partial charge < -0.3 is 16.4 Å². The number of hydrogen-bond acceptors (Lipinski definition) is 6. The van der Waals surface area contributed by atoms with Gasteiger partial charge in [0.15, 0.2) is 11.6 Å². The van der Waals surface area contributed by atoms with Crippen molar-refractivity contribution >= 4 is 40.4 Å². The van der Waals surface area contributed by atoms with Crippen molar-refractivity contribution in [2.45, 2.75) is 6.92 Å². The summed E-state index contributed by atoms with van der Waals surface area (Å²) in [5.41, 5.74) is 8.62. The van der Waals surface area contributed by atoms with Gasteiger partial charge in [-0.25, -0.2) is 15.0 Å². The summed E-state index contributed by atoms with van der Waals surface area (Å²) >= 11 is 5.82. The molecule has 0 aliphatic carbocycles. The van der Waals surface area contributed by atoms with Crippen LogP contribution in [0.3, 0.4) is 0 Å². The van der Waals surface area contributed by atoms with Gasteiger partial charge in [0.25, 0.3) is 0 Å². The molecule has 0 aliphatic rings. The summed E-state index contributed by atoms with van der Waals surface area (Å²) in [4.78, 5) is 12.5. The van der Waals surface area contributed by atoms with Gasteiger partial charge in [-0.15, -0.1) is 0 Å². The number of halogens is 1. The highest BCUT2D eigenvalue weighted by molar-refractivity contribution is 6.30. The van der Waals surface area contributed by atoms with Gasteiger partial charge in [-0.3, -0.25) is 0 Å². The number of nitrogens with zero attached hydrogens (tertiary/aromatic N) is 3. The van der Waals surface area contributed by atoms with Crippen molar-refractivity contribution < 1.29 is 0 Å². The zero-order chi connectivity index (χ0) is 16.2. The Bertz CT molecular complexity index is 736. The quantitative estimate of drug-likeness (QED) is 0.673. The summed E-state index contributed by atoms with van der Waals surface area (Å²) in [6.45, 7) is 2.03. The Morgan fingerprint density at radius 1 is 0.913 bits per heavy atom. The molecule has 116 valence electrons. The first-order valence-corrected chi connectivity index (χ1v) is 7.32. The van der Waals surface area contributed by atoms with Gasteiger partial charge in [-0.05, 0) is 31.2 Å². The summed E-state index contributed by atoms with van der Waals surface area (Å²) in [6, 6.07) is 11.4. The van der Waals surface area contributed by atoms with Crippen LogP contribution in [0, 0.1) is 6.92 Å². The first kappa shape index (κ1) is 15.1. The van der Waals surface area contributed by atoms with E-state index in [-0.39, 0.29) is 0 Å². The Balaban J connectivity index is 1.83. The van der Waals surface area contributed by atoms with Crippen LogP contribution in [0.25, 0.3) is 0 Å². The van der Waals surface area contributed by atoms with E-state index in [1.54, 1.807) is 18.3 Å². The van der Waals surface area contributed by atoms with E-state index >= 15 is 0 Å². The van der Waals surface area contributed by atoms with Gasteiger partial charge in [-0.1, -0.05) is 29.3 Å². The van der Waals surface area contributed by atoms with E-state index in [1.807, 2.05) is 31.2 Å². The van der Waals surface area contributed by atoms with Crippen molar-refractivity contribution in [3.8, 4) is 0 Å². The fourth-order valence-electron chi connectivity index (χ4n) is 1.94. The van der Waals surface area contributed by atoms with Crippen LogP contribution < -0.4 is 16.4 Å². The lowest BCUT2D eigenvalue weighted by Crippen LogP contribution is -2.05. The number of nitrogen functional groups attached to an aromatic ring is 1. The number of rotatable bonds is 4. The molecule has 0 aliphatic heterocycles. The molecule has 0 saturated heterocycles. The molecule has 0 radical (unpaired) electrons. The predicted molar refractivity (Wildman–Crippen MR) is 93.4 cm³/mol. The SMILES string of the molecule is Cc1ccc(Nc2ncnc(Nc3ccc(Cl)cn3)c2N)cc1. The van der Waals surface area contributed by atoms with Crippen molar-refractivity contribution in [3.05, 3.63) is 59.5 Å². The molecule has 7 heteroatoms. The molecule has 2 aromatic heterocycles. The topological polar surface area (TPSA) is 88.8 Å². The number of aryl methyl sites for hydroxylation is 1. The number of anilines is 5. The molecule has 2 heterocycles. The second-order valence-electron chi connectivity index (χ2n) is 4.96. The third-order valence-electron chi connectivity index (χ3n) is 3.17. The van der Waals surface area contributed by atoms with E-state index in [4.69, 9.17) is 17.3 Å². The van der Waals surface area contributed by atoms with Gasteiger partial charge in [-0.2, -0.15) is 0 Å². The number of nitrogens with two attached hydrogens (primary N) is 1. The van der Waals surface area contributed by atoms with Gasteiger partial charge in [0.2, 0.25) is 0 Å². The Hall–Kier alpha value is -2.86. The van der Waals surface area contributed by atoms with E-state index in [0.29, 0.717) is 28.2 Å². The van der Waals surface area contributed by atoms with Gasteiger partial charge >= 0.3 is 0 Å². The van der Waals surface area contributed by atoms with Crippen LogP contribution >= 0.6 is 11.6 Å². The van der Waals surface area contributed by atoms with E-state index in [0.717, 1.165) is 5.69 Å². The first-order valence-electron chi connectivity index (χ1n) is 6.94. The molecule has 1 aromatic carbocycles. The largest absolute Gasteiger partial charge is 0.393 e. The van der Waals surface area contributed by atoms with Crippen LogP contribution in [0.2, 0.25) is 5.02 Å². The van der Waals surface area contributed by atoms with Gasteiger partial charge in [0, 0.05) is 11.9 Å². The second-order valence-corrected chi connectivity index (χ2v) is 5.40. The van der Waals surface area contributed by atoms with E-state index < -0.39 is 0 Å². The summed E-state index contributed by atoms with van der Waals surface area (Å²) in [5.74, 6) is 1.60. The Morgan fingerprint density at radius 3 is 2.26 bits per heavy atom. The minimum Gasteiger partial charge on any atom is -0.393 e. The third kappa shape index (κ3) is 3.67. The molecule has 0 amide bonds. The number of aromatic nitrogens is 3. The molecule has 0 spiro atoms. The van der Waals surface area contributed by atoms with Crippen LogP contribution in [0.1, 0.15) is 5.56 Å². The molecule has 4 N–H and O–H groups in total. The number of hydrogen-bond donors (Lipinski definition) is 3. The Morgan fingerprint density at radius 2 is 1.61 bits per heavy atom. The maximum absolute atomic E-state index is 6.13. The van der Waals surface area contributed by atoms with Crippen molar-refractivity contribution in [2.24, 2.45) is 0 Å². The molecule has 0 fully saturated rings. The van der Waals surface area contributed by atoms with Crippen molar-refractivity contribution in [2.75, 3.05) is 16.4 Å². The summed E-state index contributed by atoms with van der Waals surface area (Å²) in [5, 5.41) is 6.79. The predicted octanol–water partition coefficient (Wildman–Crippen LogP) is 3.90. The van der Waals surface area contributed by atoms with Crippen molar-refractivity contribution in [1.29, 1.82) is 0 Å². The number of nitrogens with one attached hydrogen (secondary N) is 2. The normalized spacial score (nSPS) is 10.3. The van der Waals surface area contributed by atoms with Crippen molar-refractivity contribution in [1.82, 2.24) is 15.0 Å². The Labute approximate surface area is 138 Å². The molecule has 3 aromatic rings. The van der Waals surface area contributed by atoms with Crippen LogP contribution in [0.4, 0.5) is 28.8 Å².